The van der Waals surface area contributed by atoms with E-state index in [0.29, 0.717) is 27.7 Å². The molecule has 2 aromatic rings. The summed E-state index contributed by atoms with van der Waals surface area (Å²) in [6, 6.07) is 4.56. The highest BCUT2D eigenvalue weighted by atomic mass is 35.5. The van der Waals surface area contributed by atoms with E-state index in [1.54, 1.807) is 26.0 Å². The van der Waals surface area contributed by atoms with Crippen LogP contribution in [0.4, 0.5) is 4.39 Å². The van der Waals surface area contributed by atoms with Gasteiger partial charge in [-0.15, -0.1) is 0 Å². The third kappa shape index (κ3) is 2.02. The topological polar surface area (TPSA) is 43.8 Å². The van der Waals surface area contributed by atoms with Gasteiger partial charge in [0.2, 0.25) is 0 Å². The Morgan fingerprint density at radius 2 is 2.06 bits per heavy atom. The summed E-state index contributed by atoms with van der Waals surface area (Å²) in [7, 11) is 0. The number of nitrogens with zero attached hydrogens (tertiary/aromatic N) is 2. The summed E-state index contributed by atoms with van der Waals surface area (Å²) in [5.41, 5.74) is 8.34. The molecular formula is C13H15ClFN3. The van der Waals surface area contributed by atoms with Gasteiger partial charge >= 0.3 is 0 Å². The van der Waals surface area contributed by atoms with Crippen molar-refractivity contribution in [3.05, 3.63) is 46.0 Å². The lowest BCUT2D eigenvalue weighted by molar-refractivity contribution is 0.599. The number of halogens is 2. The SMILES string of the molecule is Cc1nn(-c2c(F)cccc2C(C)N)c(C)c1Cl. The van der Waals surface area contributed by atoms with Gasteiger partial charge in [0.15, 0.2) is 0 Å². The predicted molar refractivity (Wildman–Crippen MR) is 70.6 cm³/mol. The van der Waals surface area contributed by atoms with Crippen LogP contribution in [0.3, 0.4) is 0 Å². The summed E-state index contributed by atoms with van der Waals surface area (Å²) < 4.78 is 15.6. The van der Waals surface area contributed by atoms with Gasteiger partial charge in [0.25, 0.3) is 0 Å². The highest BCUT2D eigenvalue weighted by Crippen LogP contribution is 2.28. The van der Waals surface area contributed by atoms with Gasteiger partial charge in [0.1, 0.15) is 11.5 Å². The molecule has 0 bridgehead atoms. The lowest BCUT2D eigenvalue weighted by Crippen LogP contribution is -2.13. The van der Waals surface area contributed by atoms with Crippen LogP contribution in [0.15, 0.2) is 18.2 Å². The van der Waals surface area contributed by atoms with Crippen LogP contribution in [0, 0.1) is 19.7 Å². The Balaban J connectivity index is 2.74. The van der Waals surface area contributed by atoms with Crippen LogP contribution in [-0.2, 0) is 0 Å². The maximum absolute atomic E-state index is 14.1. The van der Waals surface area contributed by atoms with Gasteiger partial charge in [-0.25, -0.2) is 9.07 Å². The number of hydrogen-bond donors (Lipinski definition) is 1. The van der Waals surface area contributed by atoms with Crippen molar-refractivity contribution in [3.63, 3.8) is 0 Å². The largest absolute Gasteiger partial charge is 0.324 e. The van der Waals surface area contributed by atoms with Crippen LogP contribution in [0.5, 0.6) is 0 Å². The molecule has 0 saturated carbocycles. The van der Waals surface area contributed by atoms with Crippen molar-refractivity contribution < 1.29 is 4.39 Å². The van der Waals surface area contributed by atoms with Crippen molar-refractivity contribution in [2.75, 3.05) is 0 Å². The standard InChI is InChI=1S/C13H15ClFN3/c1-7(16)10-5-4-6-11(15)13(10)18-9(3)12(14)8(2)17-18/h4-7H,16H2,1-3H3. The minimum atomic E-state index is -0.355. The molecule has 0 spiro atoms. The molecule has 2 rings (SSSR count). The summed E-state index contributed by atoms with van der Waals surface area (Å²) in [5.74, 6) is -0.355. The molecule has 1 aromatic carbocycles. The maximum Gasteiger partial charge on any atom is 0.149 e. The zero-order valence-corrected chi connectivity index (χ0v) is 11.3. The summed E-state index contributed by atoms with van der Waals surface area (Å²) in [6.45, 7) is 5.41. The van der Waals surface area contributed by atoms with Gasteiger partial charge in [-0.1, -0.05) is 23.7 Å². The zero-order chi connectivity index (χ0) is 13.4. The van der Waals surface area contributed by atoms with E-state index >= 15 is 0 Å². The smallest absolute Gasteiger partial charge is 0.149 e. The molecule has 0 saturated heterocycles. The van der Waals surface area contributed by atoms with Crippen LogP contribution in [0.25, 0.3) is 5.69 Å². The maximum atomic E-state index is 14.1. The molecule has 2 N–H and O–H groups in total. The molecule has 0 fully saturated rings. The van der Waals surface area contributed by atoms with Crippen molar-refractivity contribution in [1.82, 2.24) is 9.78 Å². The van der Waals surface area contributed by atoms with Crippen molar-refractivity contribution in [1.29, 1.82) is 0 Å². The van der Waals surface area contributed by atoms with E-state index in [1.165, 1.54) is 10.7 Å². The molecule has 1 atom stereocenters. The van der Waals surface area contributed by atoms with Gasteiger partial charge in [0, 0.05) is 6.04 Å². The number of aryl methyl sites for hydroxylation is 1. The Labute approximate surface area is 110 Å². The van der Waals surface area contributed by atoms with Crippen molar-refractivity contribution in [3.8, 4) is 5.69 Å². The number of aromatic nitrogens is 2. The van der Waals surface area contributed by atoms with E-state index in [1.807, 2.05) is 6.92 Å². The summed E-state index contributed by atoms with van der Waals surface area (Å²) in [6.07, 6.45) is 0. The molecular weight excluding hydrogens is 253 g/mol. The van der Waals surface area contributed by atoms with Gasteiger partial charge in [0.05, 0.1) is 16.4 Å². The fourth-order valence-corrected chi connectivity index (χ4v) is 2.08. The Bertz CT molecular complexity index is 590. The van der Waals surface area contributed by atoms with Gasteiger partial charge in [-0.05, 0) is 32.4 Å². The average molecular weight is 268 g/mol. The number of rotatable bonds is 2. The summed E-state index contributed by atoms with van der Waals surface area (Å²) >= 11 is 6.10. The van der Waals surface area contributed by atoms with E-state index in [0.717, 1.165) is 0 Å². The molecule has 1 aromatic heterocycles. The van der Waals surface area contributed by atoms with Gasteiger partial charge < -0.3 is 5.73 Å². The van der Waals surface area contributed by atoms with E-state index in [-0.39, 0.29) is 11.9 Å². The predicted octanol–water partition coefficient (Wildman–Crippen LogP) is 3.30. The lowest BCUT2D eigenvalue weighted by atomic mass is 10.1. The molecule has 0 aliphatic rings. The second kappa shape index (κ2) is 4.71. The van der Waals surface area contributed by atoms with Crippen molar-refractivity contribution >= 4 is 11.6 Å². The van der Waals surface area contributed by atoms with E-state index in [9.17, 15) is 4.39 Å². The molecule has 96 valence electrons. The minimum Gasteiger partial charge on any atom is -0.324 e. The van der Waals surface area contributed by atoms with Crippen LogP contribution in [-0.4, -0.2) is 9.78 Å². The summed E-state index contributed by atoms with van der Waals surface area (Å²) in [4.78, 5) is 0. The quantitative estimate of drug-likeness (QED) is 0.907. The summed E-state index contributed by atoms with van der Waals surface area (Å²) in [5, 5.41) is 4.82. The molecule has 0 amide bonds. The Kier molecular flexibility index (Phi) is 3.41. The Morgan fingerprint density at radius 3 is 2.56 bits per heavy atom. The zero-order valence-electron chi connectivity index (χ0n) is 10.5. The highest BCUT2D eigenvalue weighted by Gasteiger charge is 2.18. The molecule has 1 unspecified atom stereocenters. The average Bonchev–Trinajstić information content (AvgIpc) is 2.56. The van der Waals surface area contributed by atoms with Crippen molar-refractivity contribution in [2.24, 2.45) is 5.73 Å². The third-order valence-electron chi connectivity index (χ3n) is 2.92. The van der Waals surface area contributed by atoms with Crippen LogP contribution < -0.4 is 5.73 Å². The molecule has 18 heavy (non-hydrogen) atoms. The Hall–Kier alpha value is -1.39. The van der Waals surface area contributed by atoms with Crippen molar-refractivity contribution in [2.45, 2.75) is 26.8 Å². The molecule has 0 radical (unpaired) electrons. The molecule has 5 heteroatoms. The first-order valence-electron chi connectivity index (χ1n) is 5.69. The molecule has 1 heterocycles. The van der Waals surface area contributed by atoms with E-state index < -0.39 is 0 Å². The van der Waals surface area contributed by atoms with Crippen LogP contribution >= 0.6 is 11.6 Å². The van der Waals surface area contributed by atoms with E-state index in [2.05, 4.69) is 5.10 Å². The lowest BCUT2D eigenvalue weighted by Gasteiger charge is -2.14. The highest BCUT2D eigenvalue weighted by molar-refractivity contribution is 6.31. The third-order valence-corrected chi connectivity index (χ3v) is 3.47. The van der Waals surface area contributed by atoms with Crippen LogP contribution in [0.1, 0.15) is 29.9 Å². The fraction of sp³-hybridized carbons (Fsp3) is 0.308. The Morgan fingerprint density at radius 1 is 1.39 bits per heavy atom. The van der Waals surface area contributed by atoms with Crippen LogP contribution in [0.2, 0.25) is 5.02 Å². The first-order chi connectivity index (χ1) is 8.43. The number of nitrogens with two attached hydrogens (primary N) is 1. The minimum absolute atomic E-state index is 0.279. The van der Waals surface area contributed by atoms with Gasteiger partial charge in [-0.2, -0.15) is 5.10 Å². The second-order valence-corrected chi connectivity index (χ2v) is 4.74. The first kappa shape index (κ1) is 13.1. The molecule has 0 aliphatic carbocycles. The van der Waals surface area contributed by atoms with E-state index in [4.69, 9.17) is 17.3 Å². The monoisotopic (exact) mass is 267 g/mol. The second-order valence-electron chi connectivity index (χ2n) is 4.36. The fourth-order valence-electron chi connectivity index (χ4n) is 1.96. The number of hydrogen-bond acceptors (Lipinski definition) is 2. The normalized spacial score (nSPS) is 12.8. The molecule has 3 nitrogen and oxygen atoms in total. The first-order valence-corrected chi connectivity index (χ1v) is 6.07. The molecule has 0 aliphatic heterocycles. The number of benzene rings is 1. The number of para-hydroxylation sites is 1. The van der Waals surface area contributed by atoms with Gasteiger partial charge in [-0.3, -0.25) is 0 Å².